The van der Waals surface area contributed by atoms with Crippen LogP contribution >= 0.6 is 0 Å². The molecule has 2 rings (SSSR count). The first-order chi connectivity index (χ1) is 13.7. The van der Waals surface area contributed by atoms with Crippen LogP contribution in [-0.2, 0) is 11.2 Å². The minimum atomic E-state index is -0.521. The molecule has 3 nitrogen and oxygen atoms in total. The molecule has 0 radical (unpaired) electrons. The van der Waals surface area contributed by atoms with E-state index in [1.54, 1.807) is 0 Å². The highest BCUT2D eigenvalue weighted by atomic mass is 16.5. The number of β-amino-alcohol motifs (C(OH)–C–C–N with tert-alkyl or cyclic N) is 1. The van der Waals surface area contributed by atoms with Crippen molar-refractivity contribution in [1.29, 1.82) is 0 Å². The number of aliphatic hydroxyl groups is 1. The van der Waals surface area contributed by atoms with Gasteiger partial charge >= 0.3 is 0 Å². The molecular formula is C26H39NO2. The van der Waals surface area contributed by atoms with Crippen molar-refractivity contribution in [3.63, 3.8) is 0 Å². The summed E-state index contributed by atoms with van der Waals surface area (Å²) in [5, 5.41) is 13.9. The summed E-state index contributed by atoms with van der Waals surface area (Å²) < 4.78 is 5.92. The van der Waals surface area contributed by atoms with Crippen LogP contribution in [0.15, 0.2) is 48.5 Å². The molecular weight excluding hydrogens is 358 g/mol. The van der Waals surface area contributed by atoms with E-state index < -0.39 is 6.10 Å². The van der Waals surface area contributed by atoms with Crippen molar-refractivity contribution in [2.75, 3.05) is 13.2 Å². The predicted molar refractivity (Wildman–Crippen MR) is 122 cm³/mol. The standard InChI is InChI=1S/C26H39NO2/c1-19(15-23-13-9-7-11-20(23)2)16-26(5,6)27-17-24(28)18-29-22(4)25-14-10-8-12-21(25)3/h7-14,19,22,24,27-28H,15-18H2,1-6H3/t19?,22-,24?/m1/s1. The molecule has 0 heterocycles. The second-order valence-corrected chi connectivity index (χ2v) is 9.19. The van der Waals surface area contributed by atoms with Crippen LogP contribution in [0.1, 0.15) is 62.5 Å². The smallest absolute Gasteiger partial charge is 0.0898 e. The van der Waals surface area contributed by atoms with Gasteiger partial charge in [-0.15, -0.1) is 0 Å². The molecule has 3 heteroatoms. The maximum Gasteiger partial charge on any atom is 0.0898 e. The van der Waals surface area contributed by atoms with E-state index in [2.05, 4.69) is 76.3 Å². The van der Waals surface area contributed by atoms with Gasteiger partial charge in [-0.2, -0.15) is 0 Å². The Balaban J connectivity index is 1.75. The average molecular weight is 398 g/mol. The molecule has 0 saturated heterocycles. The van der Waals surface area contributed by atoms with Crippen molar-refractivity contribution >= 4 is 0 Å². The molecule has 0 amide bonds. The van der Waals surface area contributed by atoms with Crippen molar-refractivity contribution in [2.24, 2.45) is 5.92 Å². The number of benzene rings is 2. The number of aryl methyl sites for hydroxylation is 2. The molecule has 0 bridgehead atoms. The maximum absolute atomic E-state index is 10.4. The van der Waals surface area contributed by atoms with Crippen LogP contribution in [0.2, 0.25) is 0 Å². The fourth-order valence-electron chi connectivity index (χ4n) is 4.07. The lowest BCUT2D eigenvalue weighted by Gasteiger charge is -2.31. The zero-order valence-electron chi connectivity index (χ0n) is 19.0. The van der Waals surface area contributed by atoms with Crippen molar-refractivity contribution in [3.05, 3.63) is 70.8 Å². The average Bonchev–Trinajstić information content (AvgIpc) is 2.66. The lowest BCUT2D eigenvalue weighted by Crippen LogP contribution is -2.45. The molecule has 2 aromatic carbocycles. The third-order valence-corrected chi connectivity index (χ3v) is 5.67. The summed E-state index contributed by atoms with van der Waals surface area (Å²) in [6.45, 7) is 13.9. The molecule has 2 aromatic rings. The molecule has 2 N–H and O–H groups in total. The summed E-state index contributed by atoms with van der Waals surface area (Å²) in [6.07, 6.45) is 1.59. The lowest BCUT2D eigenvalue weighted by atomic mass is 9.86. The molecule has 0 aliphatic rings. The van der Waals surface area contributed by atoms with Crippen LogP contribution in [0.4, 0.5) is 0 Å². The van der Waals surface area contributed by atoms with E-state index in [0.717, 1.165) is 12.8 Å². The number of nitrogens with one attached hydrogen (secondary N) is 1. The van der Waals surface area contributed by atoms with Gasteiger partial charge in [0.15, 0.2) is 0 Å². The molecule has 2 unspecified atom stereocenters. The van der Waals surface area contributed by atoms with Gasteiger partial charge in [0.1, 0.15) is 0 Å². The zero-order valence-corrected chi connectivity index (χ0v) is 19.0. The number of aliphatic hydroxyl groups excluding tert-OH is 1. The van der Waals surface area contributed by atoms with Crippen LogP contribution < -0.4 is 5.32 Å². The normalized spacial score (nSPS) is 15.1. The fourth-order valence-corrected chi connectivity index (χ4v) is 4.07. The highest BCUT2D eigenvalue weighted by Gasteiger charge is 2.22. The van der Waals surface area contributed by atoms with Crippen LogP contribution in [0.25, 0.3) is 0 Å². The highest BCUT2D eigenvalue weighted by molar-refractivity contribution is 5.27. The molecule has 29 heavy (non-hydrogen) atoms. The van der Waals surface area contributed by atoms with E-state index in [-0.39, 0.29) is 11.6 Å². The first-order valence-electron chi connectivity index (χ1n) is 10.8. The predicted octanol–water partition coefficient (Wildman–Crippen LogP) is 5.38. The van der Waals surface area contributed by atoms with Gasteiger partial charge in [-0.25, -0.2) is 0 Å². The molecule has 0 aliphatic heterocycles. The van der Waals surface area contributed by atoms with Gasteiger partial charge in [0, 0.05) is 12.1 Å². The Morgan fingerprint density at radius 1 is 0.966 bits per heavy atom. The quantitative estimate of drug-likeness (QED) is 0.535. The summed E-state index contributed by atoms with van der Waals surface area (Å²) in [7, 11) is 0. The summed E-state index contributed by atoms with van der Waals surface area (Å²) >= 11 is 0. The van der Waals surface area contributed by atoms with Gasteiger partial charge < -0.3 is 15.2 Å². The van der Waals surface area contributed by atoms with Gasteiger partial charge in [0.2, 0.25) is 0 Å². The van der Waals surface area contributed by atoms with Crippen molar-refractivity contribution in [3.8, 4) is 0 Å². The fraction of sp³-hybridized carbons (Fsp3) is 0.538. The summed E-state index contributed by atoms with van der Waals surface area (Å²) in [4.78, 5) is 0. The monoisotopic (exact) mass is 397 g/mol. The van der Waals surface area contributed by atoms with E-state index >= 15 is 0 Å². The number of hydrogen-bond acceptors (Lipinski definition) is 3. The SMILES string of the molecule is Cc1ccccc1CC(C)CC(C)(C)NCC(O)CO[C@H](C)c1ccccc1C. The minimum absolute atomic E-state index is 0.0204. The summed E-state index contributed by atoms with van der Waals surface area (Å²) in [5.41, 5.74) is 5.15. The minimum Gasteiger partial charge on any atom is -0.389 e. The maximum atomic E-state index is 10.4. The Hall–Kier alpha value is -1.68. The Bertz CT molecular complexity index is 756. The molecule has 3 atom stereocenters. The Morgan fingerprint density at radius 3 is 2.24 bits per heavy atom. The van der Waals surface area contributed by atoms with Gasteiger partial charge in [-0.05, 0) is 75.6 Å². The van der Waals surface area contributed by atoms with E-state index in [4.69, 9.17) is 4.74 Å². The van der Waals surface area contributed by atoms with E-state index in [1.807, 2.05) is 19.1 Å². The van der Waals surface area contributed by atoms with Crippen LogP contribution in [0.5, 0.6) is 0 Å². The topological polar surface area (TPSA) is 41.5 Å². The van der Waals surface area contributed by atoms with E-state index in [1.165, 1.54) is 22.3 Å². The molecule has 0 aromatic heterocycles. The van der Waals surface area contributed by atoms with Gasteiger partial charge in [-0.3, -0.25) is 0 Å². The Labute approximate surface area is 177 Å². The van der Waals surface area contributed by atoms with Crippen LogP contribution in [0.3, 0.4) is 0 Å². The van der Waals surface area contributed by atoms with Crippen molar-refractivity contribution < 1.29 is 9.84 Å². The molecule has 0 fully saturated rings. The summed E-state index contributed by atoms with van der Waals surface area (Å²) in [6, 6.07) is 16.9. The van der Waals surface area contributed by atoms with Crippen molar-refractivity contribution in [2.45, 2.75) is 72.1 Å². The largest absolute Gasteiger partial charge is 0.389 e. The second-order valence-electron chi connectivity index (χ2n) is 9.19. The van der Waals surface area contributed by atoms with Gasteiger partial charge in [-0.1, -0.05) is 55.5 Å². The lowest BCUT2D eigenvalue weighted by molar-refractivity contribution is -0.00480. The third kappa shape index (κ3) is 7.93. The van der Waals surface area contributed by atoms with Gasteiger partial charge in [0.25, 0.3) is 0 Å². The summed E-state index contributed by atoms with van der Waals surface area (Å²) in [5.74, 6) is 0.563. The highest BCUT2D eigenvalue weighted by Crippen LogP contribution is 2.22. The number of ether oxygens (including phenoxy) is 1. The van der Waals surface area contributed by atoms with E-state index in [9.17, 15) is 5.11 Å². The zero-order chi connectivity index (χ0) is 21.4. The van der Waals surface area contributed by atoms with E-state index in [0.29, 0.717) is 19.1 Å². The molecule has 160 valence electrons. The van der Waals surface area contributed by atoms with Crippen LogP contribution in [-0.4, -0.2) is 29.9 Å². The Kier molecular flexibility index (Phi) is 8.88. The molecule has 0 saturated carbocycles. The van der Waals surface area contributed by atoms with Gasteiger partial charge in [0.05, 0.1) is 18.8 Å². The van der Waals surface area contributed by atoms with Crippen molar-refractivity contribution in [1.82, 2.24) is 5.32 Å². The first-order valence-corrected chi connectivity index (χ1v) is 10.8. The molecule has 0 aliphatic carbocycles. The number of rotatable bonds is 11. The first kappa shape index (κ1) is 23.6. The Morgan fingerprint density at radius 2 is 1.59 bits per heavy atom. The third-order valence-electron chi connectivity index (χ3n) is 5.67. The molecule has 0 spiro atoms. The van der Waals surface area contributed by atoms with Crippen LogP contribution in [0, 0.1) is 19.8 Å². The second kappa shape index (κ2) is 10.9. The number of hydrogen-bond donors (Lipinski definition) is 2.